The van der Waals surface area contributed by atoms with Gasteiger partial charge in [0.25, 0.3) is 0 Å². The summed E-state index contributed by atoms with van der Waals surface area (Å²) >= 11 is 0. The number of benzene rings is 1. The molecule has 1 N–H and O–H groups in total. The molecule has 4 heteroatoms. The van der Waals surface area contributed by atoms with Gasteiger partial charge in [0.05, 0.1) is 6.20 Å². The number of nitrogens with zero attached hydrogens (tertiary/aromatic N) is 2. The highest BCUT2D eigenvalue weighted by Crippen LogP contribution is 2.19. The Bertz CT molecular complexity index is 541. The molecule has 0 aliphatic rings. The molecule has 0 aliphatic carbocycles. The zero-order chi connectivity index (χ0) is 12.4. The highest BCUT2D eigenvalue weighted by Gasteiger charge is 2.13. The lowest BCUT2D eigenvalue weighted by Gasteiger charge is -2.04. The molecule has 1 aromatic heterocycles. The summed E-state index contributed by atoms with van der Waals surface area (Å²) in [6, 6.07) is 7.99. The third-order valence-electron chi connectivity index (χ3n) is 2.83. The molecular weight excluding hydrogens is 216 g/mol. The molecule has 0 saturated heterocycles. The van der Waals surface area contributed by atoms with E-state index >= 15 is 0 Å². The fraction of sp³-hybridized carbons (Fsp3) is 0.231. The van der Waals surface area contributed by atoms with Crippen LogP contribution in [0.5, 0.6) is 0 Å². The Morgan fingerprint density at radius 1 is 1.35 bits per heavy atom. The molecule has 17 heavy (non-hydrogen) atoms. The Morgan fingerprint density at radius 2 is 2.00 bits per heavy atom. The van der Waals surface area contributed by atoms with Gasteiger partial charge in [0.1, 0.15) is 11.5 Å². The highest BCUT2D eigenvalue weighted by molar-refractivity contribution is 5.86. The normalized spacial score (nSPS) is 10.5. The number of carboxylic acid groups (broad SMARTS) is 1. The van der Waals surface area contributed by atoms with E-state index in [9.17, 15) is 4.79 Å². The van der Waals surface area contributed by atoms with E-state index in [1.54, 1.807) is 11.6 Å². The zero-order valence-corrected chi connectivity index (χ0v) is 9.84. The lowest BCUT2D eigenvalue weighted by Crippen LogP contribution is -2.05. The molecule has 0 atom stereocenters. The topological polar surface area (TPSA) is 55.1 Å². The minimum absolute atomic E-state index is 0.194. The summed E-state index contributed by atoms with van der Waals surface area (Å²) in [5.74, 6) is -0.290. The fourth-order valence-electron chi connectivity index (χ4n) is 1.77. The quantitative estimate of drug-likeness (QED) is 0.880. The molecule has 0 amide bonds. The molecule has 0 fully saturated rings. The number of aryl methyl sites for hydroxylation is 1. The van der Waals surface area contributed by atoms with Gasteiger partial charge in [0, 0.05) is 12.6 Å². The summed E-state index contributed by atoms with van der Waals surface area (Å²) in [6.45, 7) is 2.10. The summed E-state index contributed by atoms with van der Waals surface area (Å²) in [5, 5.41) is 8.95. The van der Waals surface area contributed by atoms with Crippen LogP contribution < -0.4 is 0 Å². The average molecular weight is 230 g/mol. The monoisotopic (exact) mass is 230 g/mol. The maximum Gasteiger partial charge on any atom is 0.354 e. The van der Waals surface area contributed by atoms with E-state index in [0.29, 0.717) is 5.82 Å². The Labute approximate surface area is 99.5 Å². The summed E-state index contributed by atoms with van der Waals surface area (Å²) in [7, 11) is 1.71. The van der Waals surface area contributed by atoms with E-state index < -0.39 is 5.97 Å². The Balaban J connectivity index is 2.42. The molecule has 1 heterocycles. The fourth-order valence-corrected chi connectivity index (χ4v) is 1.77. The van der Waals surface area contributed by atoms with Crippen LogP contribution in [0.25, 0.3) is 11.4 Å². The van der Waals surface area contributed by atoms with Crippen molar-refractivity contribution in [3.8, 4) is 11.4 Å². The van der Waals surface area contributed by atoms with E-state index in [2.05, 4.69) is 11.9 Å². The van der Waals surface area contributed by atoms with Crippen molar-refractivity contribution in [2.45, 2.75) is 13.3 Å². The first-order valence-corrected chi connectivity index (χ1v) is 5.47. The zero-order valence-electron chi connectivity index (χ0n) is 9.84. The molecule has 4 nitrogen and oxygen atoms in total. The highest BCUT2D eigenvalue weighted by atomic mass is 16.4. The summed E-state index contributed by atoms with van der Waals surface area (Å²) in [6.07, 6.45) is 2.37. The van der Waals surface area contributed by atoms with Crippen LogP contribution in [0.15, 0.2) is 30.5 Å². The van der Waals surface area contributed by atoms with E-state index in [1.807, 2.05) is 24.3 Å². The van der Waals surface area contributed by atoms with Crippen LogP contribution in [0.2, 0.25) is 0 Å². The van der Waals surface area contributed by atoms with Gasteiger partial charge in [-0.15, -0.1) is 0 Å². The molecule has 0 saturated carbocycles. The van der Waals surface area contributed by atoms with Gasteiger partial charge < -0.3 is 9.67 Å². The first-order valence-electron chi connectivity index (χ1n) is 5.47. The summed E-state index contributed by atoms with van der Waals surface area (Å²) in [5.41, 5.74) is 2.37. The van der Waals surface area contributed by atoms with Crippen molar-refractivity contribution in [1.29, 1.82) is 0 Å². The molecule has 1 aromatic carbocycles. The second-order valence-electron chi connectivity index (χ2n) is 3.88. The van der Waals surface area contributed by atoms with Gasteiger partial charge in [-0.25, -0.2) is 9.78 Å². The van der Waals surface area contributed by atoms with Gasteiger partial charge in [-0.1, -0.05) is 31.2 Å². The van der Waals surface area contributed by atoms with E-state index in [1.165, 1.54) is 11.8 Å². The predicted molar refractivity (Wildman–Crippen MR) is 65.0 cm³/mol. The van der Waals surface area contributed by atoms with Crippen molar-refractivity contribution >= 4 is 5.97 Å². The van der Waals surface area contributed by atoms with Crippen molar-refractivity contribution in [2.24, 2.45) is 7.05 Å². The molecule has 2 rings (SSSR count). The number of carbonyl (C=O) groups is 1. The molecule has 2 aromatic rings. The van der Waals surface area contributed by atoms with Crippen molar-refractivity contribution < 1.29 is 9.90 Å². The Morgan fingerprint density at radius 3 is 2.47 bits per heavy atom. The summed E-state index contributed by atoms with van der Waals surface area (Å²) < 4.78 is 1.59. The van der Waals surface area contributed by atoms with Crippen LogP contribution in [0.3, 0.4) is 0 Å². The molecule has 0 radical (unpaired) electrons. The van der Waals surface area contributed by atoms with Gasteiger partial charge in [0.2, 0.25) is 0 Å². The van der Waals surface area contributed by atoms with Gasteiger partial charge >= 0.3 is 5.97 Å². The molecule has 0 spiro atoms. The van der Waals surface area contributed by atoms with Crippen molar-refractivity contribution in [2.75, 3.05) is 0 Å². The number of aromatic carboxylic acids is 1. The number of hydrogen-bond acceptors (Lipinski definition) is 2. The minimum Gasteiger partial charge on any atom is -0.477 e. The number of hydrogen-bond donors (Lipinski definition) is 1. The van der Waals surface area contributed by atoms with Crippen LogP contribution in [-0.4, -0.2) is 20.6 Å². The second kappa shape index (κ2) is 4.41. The molecule has 0 bridgehead atoms. The van der Waals surface area contributed by atoms with E-state index in [-0.39, 0.29) is 5.69 Å². The maximum absolute atomic E-state index is 10.9. The van der Waals surface area contributed by atoms with Gasteiger partial charge in [0.15, 0.2) is 0 Å². The standard InChI is InChI=1S/C13H14N2O2/c1-3-9-4-6-10(7-5-9)12-14-8-11(13(16)17)15(12)2/h4-8H,3H2,1-2H3,(H,16,17). The maximum atomic E-state index is 10.9. The first-order chi connectivity index (χ1) is 8.13. The van der Waals surface area contributed by atoms with E-state index in [4.69, 9.17) is 5.11 Å². The van der Waals surface area contributed by atoms with Crippen molar-refractivity contribution in [1.82, 2.24) is 9.55 Å². The lowest BCUT2D eigenvalue weighted by molar-refractivity contribution is 0.0686. The van der Waals surface area contributed by atoms with Crippen molar-refractivity contribution in [3.05, 3.63) is 41.7 Å². The molecule has 0 unspecified atom stereocenters. The van der Waals surface area contributed by atoms with Crippen molar-refractivity contribution in [3.63, 3.8) is 0 Å². The van der Waals surface area contributed by atoms with Crippen LogP contribution in [-0.2, 0) is 13.5 Å². The van der Waals surface area contributed by atoms with Gasteiger partial charge in [-0.3, -0.25) is 0 Å². The average Bonchev–Trinajstić information content (AvgIpc) is 2.71. The smallest absolute Gasteiger partial charge is 0.354 e. The number of carboxylic acids is 1. The largest absolute Gasteiger partial charge is 0.477 e. The van der Waals surface area contributed by atoms with Crippen LogP contribution in [0, 0.1) is 0 Å². The number of aromatic nitrogens is 2. The predicted octanol–water partition coefficient (Wildman–Crippen LogP) is 2.35. The first kappa shape index (κ1) is 11.4. The Hall–Kier alpha value is -2.10. The van der Waals surface area contributed by atoms with Crippen LogP contribution in [0.1, 0.15) is 23.0 Å². The third-order valence-corrected chi connectivity index (χ3v) is 2.83. The van der Waals surface area contributed by atoms with Crippen LogP contribution >= 0.6 is 0 Å². The third kappa shape index (κ3) is 2.06. The Kier molecular flexibility index (Phi) is 2.95. The molecule has 0 aliphatic heterocycles. The van der Waals surface area contributed by atoms with Gasteiger partial charge in [-0.2, -0.15) is 0 Å². The van der Waals surface area contributed by atoms with Crippen LogP contribution in [0.4, 0.5) is 0 Å². The summed E-state index contributed by atoms with van der Waals surface area (Å²) in [4.78, 5) is 15.1. The number of imidazole rings is 1. The molecule has 88 valence electrons. The minimum atomic E-state index is -0.962. The SMILES string of the molecule is CCc1ccc(-c2ncc(C(=O)O)n2C)cc1. The van der Waals surface area contributed by atoms with E-state index in [0.717, 1.165) is 12.0 Å². The van der Waals surface area contributed by atoms with Gasteiger partial charge in [-0.05, 0) is 12.0 Å². The second-order valence-corrected chi connectivity index (χ2v) is 3.88. The molecular formula is C13H14N2O2. The number of rotatable bonds is 3. The lowest BCUT2D eigenvalue weighted by atomic mass is 10.1.